The van der Waals surface area contributed by atoms with Crippen LogP contribution >= 0.6 is 0 Å². The number of carboxylic acid groups (broad SMARTS) is 1. The monoisotopic (exact) mass is 364 g/mol. The van der Waals surface area contributed by atoms with Gasteiger partial charge in [0.2, 0.25) is 16.8 Å². The highest BCUT2D eigenvalue weighted by atomic mass is 32.2. The largest absolute Gasteiger partial charge is 0.476 e. The van der Waals surface area contributed by atoms with Crippen LogP contribution in [0.4, 0.5) is 0 Å². The van der Waals surface area contributed by atoms with Gasteiger partial charge in [-0.3, -0.25) is 0 Å². The summed E-state index contributed by atoms with van der Waals surface area (Å²) in [4.78, 5) is 14.6. The van der Waals surface area contributed by atoms with Crippen molar-refractivity contribution < 1.29 is 27.8 Å². The van der Waals surface area contributed by atoms with Crippen LogP contribution in [-0.4, -0.2) is 42.1 Å². The Labute approximate surface area is 144 Å². The van der Waals surface area contributed by atoms with Crippen LogP contribution in [-0.2, 0) is 16.6 Å². The summed E-state index contributed by atoms with van der Waals surface area (Å²) in [5.74, 6) is -0.230. The first-order valence-corrected chi connectivity index (χ1v) is 8.94. The van der Waals surface area contributed by atoms with Crippen molar-refractivity contribution in [1.82, 2.24) is 9.29 Å². The summed E-state index contributed by atoms with van der Waals surface area (Å²) in [6.07, 6.45) is 1.25. The van der Waals surface area contributed by atoms with Crippen molar-refractivity contribution in [1.29, 1.82) is 0 Å². The molecule has 0 bridgehead atoms. The zero-order chi connectivity index (χ0) is 18.0. The SMILES string of the molecule is CCN(Cc1ccc2c(c1)OCO2)S(=O)(=O)c1cccnc1C(=O)O. The van der Waals surface area contributed by atoms with Crippen molar-refractivity contribution in [2.45, 2.75) is 18.4 Å². The molecule has 2 heterocycles. The molecule has 1 aromatic heterocycles. The smallest absolute Gasteiger partial charge is 0.355 e. The van der Waals surface area contributed by atoms with Gasteiger partial charge in [-0.2, -0.15) is 4.31 Å². The van der Waals surface area contributed by atoms with E-state index in [2.05, 4.69) is 4.98 Å². The zero-order valence-electron chi connectivity index (χ0n) is 13.4. The molecule has 8 nitrogen and oxygen atoms in total. The molecule has 0 aliphatic carbocycles. The fourth-order valence-corrected chi connectivity index (χ4v) is 4.08. The first-order chi connectivity index (χ1) is 11.9. The van der Waals surface area contributed by atoms with Gasteiger partial charge < -0.3 is 14.6 Å². The molecule has 0 radical (unpaired) electrons. The lowest BCUT2D eigenvalue weighted by molar-refractivity contribution is 0.0685. The molecule has 9 heteroatoms. The van der Waals surface area contributed by atoms with E-state index in [4.69, 9.17) is 9.47 Å². The van der Waals surface area contributed by atoms with Crippen LogP contribution in [0, 0.1) is 0 Å². The number of ether oxygens (including phenoxy) is 2. The van der Waals surface area contributed by atoms with E-state index in [-0.39, 0.29) is 24.8 Å². The molecule has 132 valence electrons. The Balaban J connectivity index is 1.93. The molecule has 25 heavy (non-hydrogen) atoms. The van der Waals surface area contributed by atoms with Gasteiger partial charge in [-0.05, 0) is 29.8 Å². The maximum Gasteiger partial charge on any atom is 0.355 e. The minimum absolute atomic E-state index is 0.0728. The maximum absolute atomic E-state index is 12.9. The van der Waals surface area contributed by atoms with Gasteiger partial charge in [0.05, 0.1) is 0 Å². The lowest BCUT2D eigenvalue weighted by Gasteiger charge is -2.21. The van der Waals surface area contributed by atoms with Gasteiger partial charge in [0.1, 0.15) is 4.90 Å². The molecule has 0 saturated carbocycles. The number of sulfonamides is 1. The predicted molar refractivity (Wildman–Crippen MR) is 87.0 cm³/mol. The summed E-state index contributed by atoms with van der Waals surface area (Å²) in [5.41, 5.74) is 0.210. The van der Waals surface area contributed by atoms with E-state index in [1.165, 1.54) is 22.6 Å². The maximum atomic E-state index is 12.9. The molecule has 1 aliphatic rings. The molecule has 1 aromatic carbocycles. The van der Waals surface area contributed by atoms with Gasteiger partial charge in [0.25, 0.3) is 0 Å². The zero-order valence-corrected chi connectivity index (χ0v) is 14.2. The number of fused-ring (bicyclic) bond motifs is 1. The Morgan fingerprint density at radius 3 is 2.76 bits per heavy atom. The summed E-state index contributed by atoms with van der Waals surface area (Å²) in [6.45, 7) is 2.06. The lowest BCUT2D eigenvalue weighted by Crippen LogP contribution is -2.31. The Morgan fingerprint density at radius 2 is 2.04 bits per heavy atom. The highest BCUT2D eigenvalue weighted by Gasteiger charge is 2.29. The Bertz CT molecular complexity index is 913. The number of rotatable bonds is 6. The molecular weight excluding hydrogens is 348 g/mol. The number of aromatic nitrogens is 1. The Kier molecular flexibility index (Phi) is 4.60. The van der Waals surface area contributed by atoms with Gasteiger partial charge in [-0.25, -0.2) is 18.2 Å². The molecule has 1 N–H and O–H groups in total. The number of hydrogen-bond donors (Lipinski definition) is 1. The standard InChI is InChI=1S/C16H16N2O6S/c1-2-18(9-11-5-6-12-13(8-11)24-10-23-12)25(21,22)14-4-3-7-17-15(14)16(19)20/h3-8H,2,9-10H2,1H3,(H,19,20). The number of nitrogens with zero attached hydrogens (tertiary/aromatic N) is 2. The summed E-state index contributed by atoms with van der Waals surface area (Å²) in [7, 11) is -4.02. The van der Waals surface area contributed by atoms with Gasteiger partial charge in [0, 0.05) is 19.3 Å². The second-order valence-corrected chi connectivity index (χ2v) is 7.18. The normalized spacial score (nSPS) is 13.2. The van der Waals surface area contributed by atoms with Gasteiger partial charge in [-0.1, -0.05) is 13.0 Å². The molecule has 0 saturated heterocycles. The molecule has 2 aromatic rings. The number of benzene rings is 1. The predicted octanol–water partition coefficient (Wildman–Crippen LogP) is 1.72. The van der Waals surface area contributed by atoms with E-state index >= 15 is 0 Å². The van der Waals surface area contributed by atoms with Crippen molar-refractivity contribution in [2.75, 3.05) is 13.3 Å². The van der Waals surface area contributed by atoms with E-state index in [1.807, 2.05) is 0 Å². The minimum Gasteiger partial charge on any atom is -0.476 e. The van der Waals surface area contributed by atoms with Crippen LogP contribution in [0.2, 0.25) is 0 Å². The number of hydrogen-bond acceptors (Lipinski definition) is 6. The van der Waals surface area contributed by atoms with Crippen molar-refractivity contribution in [2.24, 2.45) is 0 Å². The number of aromatic carboxylic acids is 1. The molecule has 0 fully saturated rings. The Hall–Kier alpha value is -2.65. The Morgan fingerprint density at radius 1 is 1.28 bits per heavy atom. The number of pyridine rings is 1. The van der Waals surface area contributed by atoms with Crippen LogP contribution in [0.5, 0.6) is 11.5 Å². The molecular formula is C16H16N2O6S. The first-order valence-electron chi connectivity index (χ1n) is 7.50. The van der Waals surface area contributed by atoms with Crippen molar-refractivity contribution in [3.05, 3.63) is 47.8 Å². The van der Waals surface area contributed by atoms with Crippen molar-refractivity contribution in [3.8, 4) is 11.5 Å². The highest BCUT2D eigenvalue weighted by Crippen LogP contribution is 2.33. The third-order valence-electron chi connectivity index (χ3n) is 3.74. The summed E-state index contributed by atoms with van der Waals surface area (Å²) >= 11 is 0. The van der Waals surface area contributed by atoms with Gasteiger partial charge >= 0.3 is 5.97 Å². The lowest BCUT2D eigenvalue weighted by atomic mass is 10.2. The van der Waals surface area contributed by atoms with Crippen molar-refractivity contribution >= 4 is 16.0 Å². The van der Waals surface area contributed by atoms with E-state index in [1.54, 1.807) is 25.1 Å². The van der Waals surface area contributed by atoms with Crippen LogP contribution < -0.4 is 9.47 Å². The highest BCUT2D eigenvalue weighted by molar-refractivity contribution is 7.89. The van der Waals surface area contributed by atoms with Crippen LogP contribution in [0.25, 0.3) is 0 Å². The average molecular weight is 364 g/mol. The average Bonchev–Trinajstić information content (AvgIpc) is 3.07. The van der Waals surface area contributed by atoms with E-state index in [0.29, 0.717) is 17.1 Å². The third-order valence-corrected chi connectivity index (χ3v) is 5.69. The summed E-state index contributed by atoms with van der Waals surface area (Å²) < 4.78 is 37.5. The molecule has 0 amide bonds. The van der Waals surface area contributed by atoms with Crippen LogP contribution in [0.1, 0.15) is 23.0 Å². The summed E-state index contributed by atoms with van der Waals surface area (Å²) in [6, 6.07) is 7.81. The number of carboxylic acids is 1. The molecule has 0 spiro atoms. The topological polar surface area (TPSA) is 106 Å². The second kappa shape index (κ2) is 6.69. The summed E-state index contributed by atoms with van der Waals surface area (Å²) in [5, 5.41) is 9.20. The second-order valence-electron chi connectivity index (χ2n) is 5.27. The van der Waals surface area contributed by atoms with E-state index < -0.39 is 21.7 Å². The van der Waals surface area contributed by atoms with E-state index in [9.17, 15) is 18.3 Å². The molecule has 1 aliphatic heterocycles. The van der Waals surface area contributed by atoms with E-state index in [0.717, 1.165) is 0 Å². The van der Waals surface area contributed by atoms with Crippen LogP contribution in [0.15, 0.2) is 41.4 Å². The fraction of sp³-hybridized carbons (Fsp3) is 0.250. The minimum atomic E-state index is -4.02. The molecule has 3 rings (SSSR count). The third kappa shape index (κ3) is 3.28. The number of carbonyl (C=O) groups is 1. The van der Waals surface area contributed by atoms with Gasteiger partial charge in [0.15, 0.2) is 17.2 Å². The quantitative estimate of drug-likeness (QED) is 0.832. The molecule has 0 atom stereocenters. The van der Waals surface area contributed by atoms with Crippen molar-refractivity contribution in [3.63, 3.8) is 0 Å². The van der Waals surface area contributed by atoms with Crippen LogP contribution in [0.3, 0.4) is 0 Å². The fourth-order valence-electron chi connectivity index (χ4n) is 2.51. The van der Waals surface area contributed by atoms with Gasteiger partial charge in [-0.15, -0.1) is 0 Å². The first kappa shape index (κ1) is 17.2. The molecule has 0 unspecified atom stereocenters.